The molecule has 0 amide bonds. The van der Waals surface area contributed by atoms with Gasteiger partial charge >= 0.3 is 0 Å². The van der Waals surface area contributed by atoms with E-state index in [1.54, 1.807) is 5.57 Å². The predicted octanol–water partition coefficient (Wildman–Crippen LogP) is 16.4. The summed E-state index contributed by atoms with van der Waals surface area (Å²) in [5.74, 6) is 1.01. The quantitative estimate of drug-likeness (QED) is 0.0470. The smallest absolute Gasteiger partial charge is 0.00248 e. The fraction of sp³-hybridized carbons (Fsp3) is 0.913. The molecular formula is C46H91N. The van der Waals surface area contributed by atoms with Crippen molar-refractivity contribution in [2.75, 3.05) is 20.6 Å². The molecule has 0 spiro atoms. The van der Waals surface area contributed by atoms with Crippen molar-refractivity contribution in [3.05, 3.63) is 23.8 Å². The number of hydrogen-bond acceptors (Lipinski definition) is 1. The lowest BCUT2D eigenvalue weighted by Gasteiger charge is -2.17. The summed E-state index contributed by atoms with van der Waals surface area (Å²) in [5.41, 5.74) is 1.63. The minimum Gasteiger partial charge on any atom is -0.309 e. The summed E-state index contributed by atoms with van der Waals surface area (Å²) in [6.07, 6.45) is 57.4. The zero-order valence-electron chi connectivity index (χ0n) is 33.7. The van der Waals surface area contributed by atoms with Crippen LogP contribution in [-0.2, 0) is 0 Å². The van der Waals surface area contributed by atoms with Crippen LogP contribution in [0.1, 0.15) is 245 Å². The van der Waals surface area contributed by atoms with E-state index in [1.807, 2.05) is 0 Å². The molecule has 0 aliphatic heterocycles. The first-order valence-corrected chi connectivity index (χ1v) is 22.0. The number of hydrogen-bond donors (Lipinski definition) is 0. The first-order valence-electron chi connectivity index (χ1n) is 22.0. The molecule has 0 aromatic heterocycles. The Morgan fingerprint density at radius 2 is 0.787 bits per heavy atom. The Bertz CT molecular complexity index is 631. The van der Waals surface area contributed by atoms with Gasteiger partial charge in [0.05, 0.1) is 0 Å². The maximum atomic E-state index is 2.52. The van der Waals surface area contributed by atoms with Gasteiger partial charge in [0, 0.05) is 0 Å². The number of nitrogens with zero attached hydrogens (tertiary/aromatic N) is 1. The average molecular weight is 658 g/mol. The van der Waals surface area contributed by atoms with Crippen molar-refractivity contribution in [3.8, 4) is 0 Å². The highest BCUT2D eigenvalue weighted by molar-refractivity contribution is 4.97. The van der Waals surface area contributed by atoms with Gasteiger partial charge in [0.25, 0.3) is 0 Å². The summed E-state index contributed by atoms with van der Waals surface area (Å²) in [7, 11) is 4.42. The number of rotatable bonds is 39. The van der Waals surface area contributed by atoms with Gasteiger partial charge in [-0.3, -0.25) is 0 Å². The van der Waals surface area contributed by atoms with E-state index in [4.69, 9.17) is 0 Å². The highest BCUT2D eigenvalue weighted by Crippen LogP contribution is 2.25. The van der Waals surface area contributed by atoms with E-state index in [1.165, 1.54) is 231 Å². The van der Waals surface area contributed by atoms with E-state index >= 15 is 0 Å². The summed E-state index contributed by atoms with van der Waals surface area (Å²) in [6.45, 7) is 8.19. The van der Waals surface area contributed by atoms with Crippen molar-refractivity contribution in [2.24, 2.45) is 5.92 Å². The Kier molecular flexibility index (Phi) is 39.4. The Labute approximate surface area is 300 Å². The van der Waals surface area contributed by atoms with Gasteiger partial charge in [-0.25, -0.2) is 0 Å². The van der Waals surface area contributed by atoms with E-state index < -0.39 is 0 Å². The van der Waals surface area contributed by atoms with Crippen molar-refractivity contribution in [3.63, 3.8) is 0 Å². The highest BCUT2D eigenvalue weighted by Gasteiger charge is 2.09. The molecule has 0 radical (unpaired) electrons. The second-order valence-corrected chi connectivity index (χ2v) is 15.9. The zero-order chi connectivity index (χ0) is 34.3. The van der Waals surface area contributed by atoms with Crippen LogP contribution in [0.2, 0.25) is 0 Å². The lowest BCUT2D eigenvalue weighted by Crippen LogP contribution is -2.12. The topological polar surface area (TPSA) is 3.24 Å². The van der Waals surface area contributed by atoms with Crippen LogP contribution in [0.25, 0.3) is 0 Å². The van der Waals surface area contributed by atoms with E-state index in [0.29, 0.717) is 0 Å². The Hall–Kier alpha value is -0.560. The van der Waals surface area contributed by atoms with Gasteiger partial charge in [0.1, 0.15) is 0 Å². The maximum Gasteiger partial charge on any atom is -0.00248 e. The van der Waals surface area contributed by atoms with Crippen molar-refractivity contribution < 1.29 is 0 Å². The summed E-state index contributed by atoms with van der Waals surface area (Å²) in [5, 5.41) is 0. The van der Waals surface area contributed by atoms with Crippen LogP contribution in [-0.4, -0.2) is 25.5 Å². The largest absolute Gasteiger partial charge is 0.309 e. The minimum atomic E-state index is 1.01. The summed E-state index contributed by atoms with van der Waals surface area (Å²) in [4.78, 5) is 2.34. The third-order valence-corrected chi connectivity index (χ3v) is 10.6. The van der Waals surface area contributed by atoms with Gasteiger partial charge in [-0.15, -0.1) is 0 Å². The average Bonchev–Trinajstić information content (AvgIpc) is 3.06. The van der Waals surface area contributed by atoms with Gasteiger partial charge in [-0.2, -0.15) is 0 Å². The molecule has 1 nitrogen and oxygen atoms in total. The molecule has 1 atom stereocenters. The molecule has 0 rings (SSSR count). The third kappa shape index (κ3) is 39.8. The molecular weight excluding hydrogens is 567 g/mol. The fourth-order valence-electron chi connectivity index (χ4n) is 7.25. The van der Waals surface area contributed by atoms with Crippen molar-refractivity contribution in [2.45, 2.75) is 245 Å². The number of allylic oxidation sites excluding steroid dienone is 4. The van der Waals surface area contributed by atoms with Gasteiger partial charge in [-0.1, -0.05) is 205 Å². The van der Waals surface area contributed by atoms with Gasteiger partial charge in [0.15, 0.2) is 0 Å². The predicted molar refractivity (Wildman–Crippen MR) is 218 cm³/mol. The molecule has 47 heavy (non-hydrogen) atoms. The summed E-state index contributed by atoms with van der Waals surface area (Å²) < 4.78 is 0. The molecule has 0 aromatic carbocycles. The fourth-order valence-corrected chi connectivity index (χ4v) is 7.25. The molecule has 0 saturated carbocycles. The van der Waals surface area contributed by atoms with Gasteiger partial charge in [-0.05, 0) is 91.3 Å². The third-order valence-electron chi connectivity index (χ3n) is 10.6. The van der Waals surface area contributed by atoms with Crippen molar-refractivity contribution >= 4 is 0 Å². The molecule has 1 heteroatoms. The SMILES string of the molecule is CCCCC/C=C\CCCCCCCCCCC[C@@H](CCCCCCCCCCC/C=C(\C)CCCCC)CCCCCCN(C)C. The van der Waals surface area contributed by atoms with Crippen molar-refractivity contribution in [1.82, 2.24) is 4.90 Å². The minimum absolute atomic E-state index is 1.01. The first-order chi connectivity index (χ1) is 23.1. The van der Waals surface area contributed by atoms with E-state index in [9.17, 15) is 0 Å². The molecule has 0 heterocycles. The molecule has 0 saturated heterocycles. The molecule has 0 aliphatic rings. The van der Waals surface area contributed by atoms with Crippen LogP contribution in [0.5, 0.6) is 0 Å². The van der Waals surface area contributed by atoms with Gasteiger partial charge < -0.3 is 4.90 Å². The van der Waals surface area contributed by atoms with Gasteiger partial charge in [0.2, 0.25) is 0 Å². The second-order valence-electron chi connectivity index (χ2n) is 15.9. The van der Waals surface area contributed by atoms with E-state index in [2.05, 4.69) is 58.0 Å². The number of unbranched alkanes of at least 4 members (excludes halogenated alkanes) is 26. The molecule has 0 fully saturated rings. The monoisotopic (exact) mass is 658 g/mol. The lowest BCUT2D eigenvalue weighted by atomic mass is 9.89. The van der Waals surface area contributed by atoms with Crippen LogP contribution in [0.4, 0.5) is 0 Å². The lowest BCUT2D eigenvalue weighted by molar-refractivity contribution is 0.357. The molecule has 0 aromatic rings. The van der Waals surface area contributed by atoms with Crippen LogP contribution in [0.3, 0.4) is 0 Å². The van der Waals surface area contributed by atoms with Crippen LogP contribution in [0.15, 0.2) is 23.8 Å². The normalized spacial score (nSPS) is 13.0. The van der Waals surface area contributed by atoms with Crippen LogP contribution < -0.4 is 0 Å². The maximum absolute atomic E-state index is 2.52. The summed E-state index contributed by atoms with van der Waals surface area (Å²) in [6, 6.07) is 0. The van der Waals surface area contributed by atoms with Crippen molar-refractivity contribution in [1.29, 1.82) is 0 Å². The molecule has 0 N–H and O–H groups in total. The standard InChI is InChI=1S/C46H91N/c1-6-8-10-11-12-13-14-15-16-17-18-19-23-26-29-35-41-46(43-37-31-32-38-44-47(4)5)42-36-30-27-24-21-20-22-25-28-34-40-45(3)39-33-9-7-2/h12-13,40,46H,6-11,14-39,41-44H2,1-5H3/b13-12-,45-40+/t46-/m0/s1. The second kappa shape index (κ2) is 39.9. The van der Waals surface area contributed by atoms with E-state index in [0.717, 1.165) is 5.92 Å². The Morgan fingerprint density at radius 3 is 1.23 bits per heavy atom. The first kappa shape index (κ1) is 46.4. The molecule has 280 valence electrons. The Balaban J connectivity index is 3.88. The molecule has 0 unspecified atom stereocenters. The summed E-state index contributed by atoms with van der Waals surface area (Å²) >= 11 is 0. The Morgan fingerprint density at radius 1 is 0.426 bits per heavy atom. The van der Waals surface area contributed by atoms with Crippen LogP contribution in [0, 0.1) is 5.92 Å². The molecule has 0 bridgehead atoms. The molecule has 0 aliphatic carbocycles. The van der Waals surface area contributed by atoms with E-state index in [-0.39, 0.29) is 0 Å². The zero-order valence-corrected chi connectivity index (χ0v) is 33.7. The van der Waals surface area contributed by atoms with Crippen LogP contribution >= 0.6 is 0 Å². The highest BCUT2D eigenvalue weighted by atomic mass is 15.0.